The summed E-state index contributed by atoms with van der Waals surface area (Å²) in [6.45, 7) is 1.54. The standard InChI is InChI=1S/C14H17N3O2S/c1-8(18)12-11(17-14(16-3)20-12)9-4-6-10(7-5-9)13(19)15-2/h4-7,13,15,19H,1-3H3,(H,16,17). The monoisotopic (exact) mass is 291 g/mol. The van der Waals surface area contributed by atoms with Crippen LogP contribution in [0, 0.1) is 0 Å². The average Bonchev–Trinajstić information content (AvgIpc) is 2.91. The number of thiazole rings is 1. The van der Waals surface area contributed by atoms with Crippen LogP contribution in [-0.4, -0.2) is 30.0 Å². The molecule has 0 fully saturated rings. The van der Waals surface area contributed by atoms with E-state index in [4.69, 9.17) is 0 Å². The summed E-state index contributed by atoms with van der Waals surface area (Å²) in [6.07, 6.45) is -0.695. The smallest absolute Gasteiger partial charge is 0.183 e. The van der Waals surface area contributed by atoms with Crippen molar-refractivity contribution in [3.05, 3.63) is 34.7 Å². The Morgan fingerprint density at radius 3 is 2.45 bits per heavy atom. The van der Waals surface area contributed by atoms with Gasteiger partial charge in [-0.05, 0) is 12.6 Å². The quantitative estimate of drug-likeness (QED) is 0.582. The Morgan fingerprint density at radius 2 is 1.95 bits per heavy atom. The van der Waals surface area contributed by atoms with Gasteiger partial charge in [-0.3, -0.25) is 10.1 Å². The fourth-order valence-electron chi connectivity index (χ4n) is 1.85. The van der Waals surface area contributed by atoms with Gasteiger partial charge in [0, 0.05) is 19.5 Å². The van der Waals surface area contributed by atoms with Gasteiger partial charge in [-0.1, -0.05) is 35.6 Å². The van der Waals surface area contributed by atoms with E-state index in [2.05, 4.69) is 15.6 Å². The Kier molecular flexibility index (Phi) is 4.49. The van der Waals surface area contributed by atoms with Gasteiger partial charge in [-0.2, -0.15) is 0 Å². The summed E-state index contributed by atoms with van der Waals surface area (Å²) < 4.78 is 0. The van der Waals surface area contributed by atoms with Crippen molar-refractivity contribution in [2.24, 2.45) is 0 Å². The first-order chi connectivity index (χ1) is 9.56. The van der Waals surface area contributed by atoms with E-state index < -0.39 is 6.23 Å². The lowest BCUT2D eigenvalue weighted by Crippen LogP contribution is -2.14. The molecule has 1 atom stereocenters. The summed E-state index contributed by atoms with van der Waals surface area (Å²) in [5, 5.41) is 16.1. The maximum absolute atomic E-state index is 11.7. The molecule has 2 aromatic rings. The van der Waals surface area contributed by atoms with E-state index in [9.17, 15) is 9.90 Å². The lowest BCUT2D eigenvalue weighted by Gasteiger charge is -2.09. The van der Waals surface area contributed by atoms with Crippen molar-refractivity contribution in [1.29, 1.82) is 0 Å². The van der Waals surface area contributed by atoms with Crippen LogP contribution >= 0.6 is 11.3 Å². The normalized spacial score (nSPS) is 12.2. The van der Waals surface area contributed by atoms with Crippen molar-refractivity contribution in [2.75, 3.05) is 19.4 Å². The van der Waals surface area contributed by atoms with Crippen LogP contribution in [0.1, 0.15) is 28.4 Å². The molecule has 6 heteroatoms. The van der Waals surface area contributed by atoms with E-state index in [0.717, 1.165) is 11.1 Å². The predicted octanol–water partition coefficient (Wildman–Crippen LogP) is 2.26. The Bertz CT molecular complexity index is 607. The van der Waals surface area contributed by atoms with Gasteiger partial charge in [0.25, 0.3) is 0 Å². The Hall–Kier alpha value is -1.76. The van der Waals surface area contributed by atoms with Crippen molar-refractivity contribution in [3.63, 3.8) is 0 Å². The zero-order valence-electron chi connectivity index (χ0n) is 11.6. The number of nitrogens with zero attached hydrogens (tertiary/aromatic N) is 1. The SMILES string of the molecule is CNc1nc(-c2ccc(C(O)NC)cc2)c(C(C)=O)s1. The molecule has 0 amide bonds. The number of aromatic nitrogens is 1. The highest BCUT2D eigenvalue weighted by Gasteiger charge is 2.16. The summed E-state index contributed by atoms with van der Waals surface area (Å²) in [7, 11) is 3.46. The van der Waals surface area contributed by atoms with Crippen molar-refractivity contribution < 1.29 is 9.90 Å². The number of nitrogens with one attached hydrogen (secondary N) is 2. The van der Waals surface area contributed by atoms with Gasteiger partial charge in [0.1, 0.15) is 6.23 Å². The molecule has 0 spiro atoms. The van der Waals surface area contributed by atoms with Gasteiger partial charge in [-0.25, -0.2) is 4.98 Å². The van der Waals surface area contributed by atoms with Crippen molar-refractivity contribution >= 4 is 22.3 Å². The number of ketones is 1. The molecule has 1 unspecified atom stereocenters. The van der Waals surface area contributed by atoms with E-state index in [-0.39, 0.29) is 5.78 Å². The molecule has 2 rings (SSSR count). The molecule has 0 saturated carbocycles. The van der Waals surface area contributed by atoms with E-state index in [1.807, 2.05) is 24.3 Å². The fraction of sp³-hybridized carbons (Fsp3) is 0.286. The molecule has 1 aromatic heterocycles. The first-order valence-electron chi connectivity index (χ1n) is 6.22. The Labute approximate surface area is 121 Å². The lowest BCUT2D eigenvalue weighted by molar-refractivity contribution is 0.102. The van der Waals surface area contributed by atoms with Crippen molar-refractivity contribution in [2.45, 2.75) is 13.2 Å². The van der Waals surface area contributed by atoms with Crippen LogP contribution in [-0.2, 0) is 0 Å². The highest BCUT2D eigenvalue weighted by atomic mass is 32.1. The second-order valence-corrected chi connectivity index (χ2v) is 5.32. The van der Waals surface area contributed by atoms with Crippen LogP contribution < -0.4 is 10.6 Å². The number of carbonyl (C=O) groups is 1. The molecular formula is C14H17N3O2S. The third kappa shape index (κ3) is 2.87. The number of aliphatic hydroxyl groups excluding tert-OH is 1. The summed E-state index contributed by atoms with van der Waals surface area (Å²) >= 11 is 1.34. The predicted molar refractivity (Wildman–Crippen MR) is 81.1 cm³/mol. The van der Waals surface area contributed by atoms with Crippen LogP contribution in [0.4, 0.5) is 5.13 Å². The van der Waals surface area contributed by atoms with Crippen LogP contribution in [0.25, 0.3) is 11.3 Å². The molecule has 3 N–H and O–H groups in total. The number of aliphatic hydroxyl groups is 1. The largest absolute Gasteiger partial charge is 0.374 e. The molecule has 106 valence electrons. The number of Topliss-reactive ketones (excluding diaryl/α,β-unsaturated/α-hetero) is 1. The maximum atomic E-state index is 11.7. The van der Waals surface area contributed by atoms with Gasteiger partial charge in [0.2, 0.25) is 0 Å². The minimum atomic E-state index is -0.695. The van der Waals surface area contributed by atoms with Crippen LogP contribution in [0.15, 0.2) is 24.3 Å². The fourth-order valence-corrected chi connectivity index (χ4v) is 2.69. The van der Waals surface area contributed by atoms with E-state index >= 15 is 0 Å². The molecule has 0 saturated heterocycles. The van der Waals surface area contributed by atoms with Crippen molar-refractivity contribution in [3.8, 4) is 11.3 Å². The summed E-state index contributed by atoms with van der Waals surface area (Å²) in [5.41, 5.74) is 2.31. The zero-order chi connectivity index (χ0) is 14.7. The topological polar surface area (TPSA) is 74.2 Å². The third-order valence-electron chi connectivity index (χ3n) is 2.93. The first-order valence-corrected chi connectivity index (χ1v) is 7.03. The molecule has 1 aromatic carbocycles. The molecule has 0 bridgehead atoms. The highest BCUT2D eigenvalue weighted by molar-refractivity contribution is 7.18. The number of carbonyl (C=O) groups excluding carboxylic acids is 1. The van der Waals surface area contributed by atoms with Crippen LogP contribution in [0.3, 0.4) is 0 Å². The van der Waals surface area contributed by atoms with Gasteiger partial charge in [0.05, 0.1) is 10.6 Å². The Balaban J connectivity index is 2.41. The number of hydrogen-bond donors (Lipinski definition) is 3. The Morgan fingerprint density at radius 1 is 1.30 bits per heavy atom. The number of benzene rings is 1. The molecular weight excluding hydrogens is 274 g/mol. The van der Waals surface area contributed by atoms with Crippen LogP contribution in [0.2, 0.25) is 0 Å². The minimum Gasteiger partial charge on any atom is -0.374 e. The number of anilines is 1. The molecule has 0 radical (unpaired) electrons. The first kappa shape index (κ1) is 14.6. The maximum Gasteiger partial charge on any atom is 0.183 e. The lowest BCUT2D eigenvalue weighted by atomic mass is 10.1. The number of hydrogen-bond acceptors (Lipinski definition) is 6. The number of rotatable bonds is 5. The van der Waals surface area contributed by atoms with E-state index in [1.54, 1.807) is 14.1 Å². The molecule has 20 heavy (non-hydrogen) atoms. The molecule has 0 aliphatic heterocycles. The summed E-state index contributed by atoms with van der Waals surface area (Å²) in [4.78, 5) is 16.7. The third-order valence-corrected chi connectivity index (χ3v) is 4.11. The summed E-state index contributed by atoms with van der Waals surface area (Å²) in [5.74, 6) is -0.00154. The minimum absolute atomic E-state index is 0.00154. The average molecular weight is 291 g/mol. The van der Waals surface area contributed by atoms with Gasteiger partial charge >= 0.3 is 0 Å². The van der Waals surface area contributed by atoms with Crippen LogP contribution in [0.5, 0.6) is 0 Å². The van der Waals surface area contributed by atoms with Crippen molar-refractivity contribution in [1.82, 2.24) is 10.3 Å². The molecule has 5 nitrogen and oxygen atoms in total. The molecule has 0 aliphatic carbocycles. The van der Waals surface area contributed by atoms with Gasteiger partial charge < -0.3 is 10.4 Å². The summed E-state index contributed by atoms with van der Waals surface area (Å²) in [6, 6.07) is 7.35. The van der Waals surface area contributed by atoms with Gasteiger partial charge in [-0.15, -0.1) is 0 Å². The van der Waals surface area contributed by atoms with Gasteiger partial charge in [0.15, 0.2) is 10.9 Å². The second kappa shape index (κ2) is 6.13. The highest BCUT2D eigenvalue weighted by Crippen LogP contribution is 2.31. The second-order valence-electron chi connectivity index (χ2n) is 4.32. The molecule has 1 heterocycles. The van der Waals surface area contributed by atoms with E-state index in [0.29, 0.717) is 15.7 Å². The van der Waals surface area contributed by atoms with E-state index in [1.165, 1.54) is 18.3 Å². The zero-order valence-corrected chi connectivity index (χ0v) is 12.4. The molecule has 0 aliphatic rings.